The van der Waals surface area contributed by atoms with Crippen molar-refractivity contribution in [3.63, 3.8) is 0 Å². The first-order valence-electron chi connectivity index (χ1n) is 7.19. The maximum Gasteiger partial charge on any atom is 0.250 e. The molecule has 2 heteroatoms. The molecule has 0 aliphatic carbocycles. The van der Waals surface area contributed by atoms with Gasteiger partial charge in [0.25, 0.3) is 0 Å². The Hall–Kier alpha value is -0.530. The Balaban J connectivity index is 3.20. The van der Waals surface area contributed by atoms with E-state index in [2.05, 4.69) is 64.9 Å². The summed E-state index contributed by atoms with van der Waals surface area (Å²) in [6, 6.07) is 1.88. The van der Waals surface area contributed by atoms with E-state index in [9.17, 15) is 0 Å². The molecule has 2 nitrogen and oxygen atoms in total. The largest absolute Gasteiger partial charge is 0.259 e. The molecule has 0 N–H and O–H groups in total. The van der Waals surface area contributed by atoms with Crippen molar-refractivity contribution in [2.75, 3.05) is 6.54 Å². The molecule has 0 bridgehead atoms. The summed E-state index contributed by atoms with van der Waals surface area (Å²) in [5.74, 6) is 2.88. The van der Waals surface area contributed by atoms with Gasteiger partial charge in [-0.3, -0.25) is 9.48 Å². The standard InChI is InChI=1S/C15H31N2/c1-10(2)14-9-16(12(5)6)15(11(3)4)17(14)13(7)8/h10-14H,9H2,1-8H3/q+1. The summed E-state index contributed by atoms with van der Waals surface area (Å²) >= 11 is 0. The van der Waals surface area contributed by atoms with Gasteiger partial charge in [0.2, 0.25) is 5.84 Å². The maximum absolute atomic E-state index is 2.66. The van der Waals surface area contributed by atoms with Crippen LogP contribution in [0.25, 0.3) is 0 Å². The number of hydrogen-bond acceptors (Lipinski definition) is 1. The lowest BCUT2D eigenvalue weighted by molar-refractivity contribution is -0.593. The molecule has 1 heterocycles. The normalized spacial score (nSPS) is 21.9. The second-order valence-corrected chi connectivity index (χ2v) is 6.57. The fourth-order valence-corrected chi connectivity index (χ4v) is 2.99. The molecule has 1 rings (SSSR count). The van der Waals surface area contributed by atoms with E-state index in [4.69, 9.17) is 0 Å². The van der Waals surface area contributed by atoms with Crippen LogP contribution in [0.2, 0.25) is 0 Å². The third kappa shape index (κ3) is 2.83. The van der Waals surface area contributed by atoms with E-state index in [-0.39, 0.29) is 0 Å². The van der Waals surface area contributed by atoms with Gasteiger partial charge in [-0.05, 0) is 33.6 Å². The van der Waals surface area contributed by atoms with E-state index in [1.165, 1.54) is 6.54 Å². The van der Waals surface area contributed by atoms with Crippen LogP contribution in [0.5, 0.6) is 0 Å². The van der Waals surface area contributed by atoms with Crippen LogP contribution in [0.4, 0.5) is 0 Å². The Morgan fingerprint density at radius 2 is 1.53 bits per heavy atom. The Kier molecular flexibility index (Phi) is 4.62. The van der Waals surface area contributed by atoms with Crippen LogP contribution in [-0.2, 0) is 0 Å². The minimum Gasteiger partial charge on any atom is -0.259 e. The molecule has 0 saturated carbocycles. The minimum atomic E-state index is 0.601. The van der Waals surface area contributed by atoms with Gasteiger partial charge in [-0.2, -0.15) is 0 Å². The van der Waals surface area contributed by atoms with E-state index in [1.807, 2.05) is 0 Å². The van der Waals surface area contributed by atoms with Crippen molar-refractivity contribution in [3.8, 4) is 0 Å². The van der Waals surface area contributed by atoms with Crippen LogP contribution in [0, 0.1) is 11.8 Å². The molecule has 0 saturated heterocycles. The van der Waals surface area contributed by atoms with Crippen molar-refractivity contribution in [1.29, 1.82) is 0 Å². The molecule has 0 aromatic carbocycles. The van der Waals surface area contributed by atoms with Crippen LogP contribution in [-0.4, -0.2) is 40.0 Å². The summed E-state index contributed by atoms with van der Waals surface area (Å²) in [5, 5.41) is 0. The van der Waals surface area contributed by atoms with E-state index in [0.29, 0.717) is 24.0 Å². The van der Waals surface area contributed by atoms with Crippen molar-refractivity contribution < 1.29 is 4.58 Å². The molecule has 1 aliphatic rings. The fourth-order valence-electron chi connectivity index (χ4n) is 2.99. The van der Waals surface area contributed by atoms with Crippen molar-refractivity contribution in [2.24, 2.45) is 11.8 Å². The highest BCUT2D eigenvalue weighted by atomic mass is 15.3. The molecule has 0 radical (unpaired) electrons. The lowest BCUT2D eigenvalue weighted by atomic mass is 10.0. The highest BCUT2D eigenvalue weighted by Gasteiger charge is 2.43. The molecule has 0 fully saturated rings. The number of amidine groups is 1. The summed E-state index contributed by atoms with van der Waals surface area (Å²) in [7, 11) is 0. The summed E-state index contributed by atoms with van der Waals surface area (Å²) in [6.45, 7) is 19.8. The summed E-state index contributed by atoms with van der Waals surface area (Å²) in [6.07, 6.45) is 0. The molecule has 1 unspecified atom stereocenters. The monoisotopic (exact) mass is 239 g/mol. The van der Waals surface area contributed by atoms with E-state index in [0.717, 1.165) is 5.92 Å². The molecule has 100 valence electrons. The number of hydrogen-bond donors (Lipinski definition) is 0. The molecular formula is C15H31N2+. The van der Waals surface area contributed by atoms with Gasteiger partial charge in [-0.15, -0.1) is 0 Å². The zero-order valence-corrected chi connectivity index (χ0v) is 13.0. The fraction of sp³-hybridized carbons (Fsp3) is 0.933. The molecule has 17 heavy (non-hydrogen) atoms. The third-order valence-corrected chi connectivity index (χ3v) is 3.77. The highest BCUT2D eigenvalue weighted by molar-refractivity contribution is 5.81. The van der Waals surface area contributed by atoms with Crippen molar-refractivity contribution in [1.82, 2.24) is 4.90 Å². The van der Waals surface area contributed by atoms with Crippen LogP contribution in [0.1, 0.15) is 55.4 Å². The van der Waals surface area contributed by atoms with Gasteiger partial charge in [0, 0.05) is 0 Å². The maximum atomic E-state index is 2.66. The zero-order valence-electron chi connectivity index (χ0n) is 13.0. The first kappa shape index (κ1) is 14.5. The van der Waals surface area contributed by atoms with Crippen LogP contribution < -0.4 is 0 Å². The van der Waals surface area contributed by atoms with E-state index in [1.54, 1.807) is 5.84 Å². The van der Waals surface area contributed by atoms with Gasteiger partial charge in [-0.1, -0.05) is 27.7 Å². The lowest BCUT2D eigenvalue weighted by Gasteiger charge is -2.20. The molecule has 1 atom stereocenters. The van der Waals surface area contributed by atoms with Crippen LogP contribution in [0.3, 0.4) is 0 Å². The van der Waals surface area contributed by atoms with Gasteiger partial charge >= 0.3 is 0 Å². The number of rotatable bonds is 4. The van der Waals surface area contributed by atoms with Crippen molar-refractivity contribution in [2.45, 2.75) is 73.5 Å². The van der Waals surface area contributed by atoms with Gasteiger partial charge < -0.3 is 0 Å². The van der Waals surface area contributed by atoms with Crippen molar-refractivity contribution >= 4 is 5.84 Å². The molecule has 0 aromatic heterocycles. The van der Waals surface area contributed by atoms with Gasteiger partial charge in [0.05, 0.1) is 18.0 Å². The number of nitrogens with zero attached hydrogens (tertiary/aromatic N) is 2. The van der Waals surface area contributed by atoms with Crippen LogP contribution in [0.15, 0.2) is 0 Å². The third-order valence-electron chi connectivity index (χ3n) is 3.77. The first-order valence-corrected chi connectivity index (χ1v) is 7.19. The lowest BCUT2D eigenvalue weighted by Crippen LogP contribution is -2.39. The van der Waals surface area contributed by atoms with E-state index >= 15 is 0 Å². The second-order valence-electron chi connectivity index (χ2n) is 6.57. The van der Waals surface area contributed by atoms with Crippen LogP contribution >= 0.6 is 0 Å². The Morgan fingerprint density at radius 3 is 1.82 bits per heavy atom. The predicted octanol–water partition coefficient (Wildman–Crippen LogP) is 3.21. The summed E-state index contributed by atoms with van der Waals surface area (Å²) < 4.78 is 2.66. The smallest absolute Gasteiger partial charge is 0.250 e. The van der Waals surface area contributed by atoms with Gasteiger partial charge in [0.1, 0.15) is 12.6 Å². The molecule has 0 spiro atoms. The quantitative estimate of drug-likeness (QED) is 0.683. The minimum absolute atomic E-state index is 0.601. The highest BCUT2D eigenvalue weighted by Crippen LogP contribution is 2.23. The second kappa shape index (κ2) is 5.41. The van der Waals surface area contributed by atoms with E-state index < -0.39 is 0 Å². The average molecular weight is 239 g/mol. The van der Waals surface area contributed by atoms with Gasteiger partial charge in [0.15, 0.2) is 0 Å². The molecule has 0 amide bonds. The Morgan fingerprint density at radius 1 is 1.00 bits per heavy atom. The van der Waals surface area contributed by atoms with Gasteiger partial charge in [-0.25, -0.2) is 0 Å². The van der Waals surface area contributed by atoms with Crippen molar-refractivity contribution in [3.05, 3.63) is 0 Å². The molecule has 0 aromatic rings. The topological polar surface area (TPSA) is 6.25 Å². The first-order chi connectivity index (χ1) is 7.77. The Bertz CT molecular complexity index is 259. The molecule has 1 aliphatic heterocycles. The SMILES string of the molecule is CC(C)C1=[N+](C(C)C)C(C(C)C)CN1C(C)C. The summed E-state index contributed by atoms with van der Waals surface area (Å²) in [5.41, 5.74) is 0. The zero-order chi connectivity index (χ0) is 13.3. The average Bonchev–Trinajstić information content (AvgIpc) is 2.56. The Labute approximate surface area is 108 Å². The molecular weight excluding hydrogens is 208 g/mol. The predicted molar refractivity (Wildman–Crippen MR) is 75.7 cm³/mol. The summed E-state index contributed by atoms with van der Waals surface area (Å²) in [4.78, 5) is 2.61.